The van der Waals surface area contributed by atoms with Gasteiger partial charge in [0.05, 0.1) is 6.61 Å². The van der Waals surface area contributed by atoms with Gasteiger partial charge in [0.2, 0.25) is 0 Å². The lowest BCUT2D eigenvalue weighted by Crippen LogP contribution is -2.42. The van der Waals surface area contributed by atoms with Crippen molar-refractivity contribution in [3.63, 3.8) is 0 Å². The fraction of sp³-hybridized carbons (Fsp3) is 1.00. The lowest BCUT2D eigenvalue weighted by molar-refractivity contribution is 0.0946. The van der Waals surface area contributed by atoms with Crippen molar-refractivity contribution in [3.05, 3.63) is 0 Å². The molecule has 3 nitrogen and oxygen atoms in total. The summed E-state index contributed by atoms with van der Waals surface area (Å²) in [5.41, 5.74) is 0.650. The summed E-state index contributed by atoms with van der Waals surface area (Å²) in [6.07, 6.45) is 7.89. The first-order chi connectivity index (χ1) is 9.76. The third kappa shape index (κ3) is 6.55. The molecule has 0 saturated carbocycles. The van der Waals surface area contributed by atoms with E-state index in [0.717, 1.165) is 26.3 Å². The van der Waals surface area contributed by atoms with Crippen LogP contribution in [0, 0.1) is 5.41 Å². The molecule has 1 rings (SSSR count). The fourth-order valence-corrected chi connectivity index (χ4v) is 3.06. The van der Waals surface area contributed by atoms with Crippen molar-refractivity contribution >= 4 is 0 Å². The van der Waals surface area contributed by atoms with Crippen molar-refractivity contribution in [2.75, 3.05) is 45.9 Å². The van der Waals surface area contributed by atoms with Gasteiger partial charge in [-0.15, -0.1) is 0 Å². The summed E-state index contributed by atoms with van der Waals surface area (Å²) < 4.78 is 5.55. The van der Waals surface area contributed by atoms with Gasteiger partial charge in [-0.2, -0.15) is 0 Å². The summed E-state index contributed by atoms with van der Waals surface area (Å²) in [6.45, 7) is 14.6. The second kappa shape index (κ2) is 10.6. The number of piperidine rings is 1. The first-order valence-electron chi connectivity index (χ1n) is 8.77. The molecule has 1 saturated heterocycles. The maximum absolute atomic E-state index is 5.55. The van der Waals surface area contributed by atoms with Gasteiger partial charge in [0, 0.05) is 26.2 Å². The van der Waals surface area contributed by atoms with Gasteiger partial charge in [-0.25, -0.2) is 0 Å². The van der Waals surface area contributed by atoms with Gasteiger partial charge in [0.25, 0.3) is 0 Å². The second-order valence-corrected chi connectivity index (χ2v) is 6.26. The van der Waals surface area contributed by atoms with Crippen LogP contribution in [0.2, 0.25) is 0 Å². The normalized spacial score (nSPS) is 19.4. The highest BCUT2D eigenvalue weighted by atomic mass is 16.5. The van der Waals surface area contributed by atoms with Crippen LogP contribution in [0.3, 0.4) is 0 Å². The van der Waals surface area contributed by atoms with Crippen LogP contribution in [0.1, 0.15) is 59.3 Å². The van der Waals surface area contributed by atoms with Crippen LogP contribution in [0.4, 0.5) is 0 Å². The van der Waals surface area contributed by atoms with Crippen molar-refractivity contribution in [1.82, 2.24) is 10.2 Å². The molecule has 0 radical (unpaired) electrons. The lowest BCUT2D eigenvalue weighted by Gasteiger charge is -2.41. The van der Waals surface area contributed by atoms with Crippen molar-refractivity contribution in [1.29, 1.82) is 0 Å². The van der Waals surface area contributed by atoms with Gasteiger partial charge in [-0.1, -0.05) is 40.0 Å². The smallest absolute Gasteiger partial charge is 0.0590 e. The van der Waals surface area contributed by atoms with Gasteiger partial charge in [0.15, 0.2) is 0 Å². The Morgan fingerprint density at radius 3 is 2.30 bits per heavy atom. The molecule has 3 heteroatoms. The van der Waals surface area contributed by atoms with Gasteiger partial charge in [0.1, 0.15) is 0 Å². The van der Waals surface area contributed by atoms with Gasteiger partial charge < -0.3 is 15.0 Å². The van der Waals surface area contributed by atoms with Crippen LogP contribution in [0.25, 0.3) is 0 Å². The molecule has 20 heavy (non-hydrogen) atoms. The van der Waals surface area contributed by atoms with Gasteiger partial charge in [-0.05, 0) is 37.8 Å². The number of likely N-dealkylation sites (tertiary alicyclic amines) is 1. The molecule has 1 N–H and O–H groups in total. The van der Waals surface area contributed by atoms with Crippen LogP contribution in [0.5, 0.6) is 0 Å². The molecule has 0 amide bonds. The summed E-state index contributed by atoms with van der Waals surface area (Å²) >= 11 is 0. The quantitative estimate of drug-likeness (QED) is 0.589. The summed E-state index contributed by atoms with van der Waals surface area (Å²) in [5, 5.41) is 3.49. The molecule has 1 aliphatic heterocycles. The Bertz CT molecular complexity index is 219. The summed E-state index contributed by atoms with van der Waals surface area (Å²) in [7, 11) is 0. The summed E-state index contributed by atoms with van der Waals surface area (Å²) in [6, 6.07) is 0. The predicted molar refractivity (Wildman–Crippen MR) is 87.3 cm³/mol. The Labute approximate surface area is 126 Å². The van der Waals surface area contributed by atoms with E-state index in [2.05, 4.69) is 31.0 Å². The molecule has 0 aromatic heterocycles. The minimum Gasteiger partial charge on any atom is -0.380 e. The van der Waals surface area contributed by atoms with E-state index >= 15 is 0 Å². The molecule has 0 bridgehead atoms. The number of nitrogens with one attached hydrogen (secondary N) is 1. The van der Waals surface area contributed by atoms with E-state index < -0.39 is 0 Å². The molecule has 1 fully saturated rings. The molecule has 0 aromatic carbocycles. The SMILES string of the molecule is CCCCOCCNCCN1CCC(CC)(CC)CC1. The molecular weight excluding hydrogens is 248 g/mol. The zero-order valence-corrected chi connectivity index (χ0v) is 14.0. The number of nitrogens with zero attached hydrogens (tertiary/aromatic N) is 1. The van der Waals surface area contributed by atoms with Crippen LogP contribution >= 0.6 is 0 Å². The minimum atomic E-state index is 0.650. The Hall–Kier alpha value is -0.120. The summed E-state index contributed by atoms with van der Waals surface area (Å²) in [5.74, 6) is 0. The molecule has 0 aromatic rings. The average molecular weight is 284 g/mol. The Morgan fingerprint density at radius 2 is 1.70 bits per heavy atom. The number of ether oxygens (including phenoxy) is 1. The molecule has 0 aliphatic carbocycles. The lowest BCUT2D eigenvalue weighted by atomic mass is 9.74. The highest BCUT2D eigenvalue weighted by molar-refractivity contribution is 4.84. The van der Waals surface area contributed by atoms with Gasteiger partial charge >= 0.3 is 0 Å². The largest absolute Gasteiger partial charge is 0.380 e. The van der Waals surface area contributed by atoms with Crippen LogP contribution in [0.15, 0.2) is 0 Å². The van der Waals surface area contributed by atoms with Gasteiger partial charge in [-0.3, -0.25) is 0 Å². The zero-order chi connectivity index (χ0) is 14.7. The van der Waals surface area contributed by atoms with Crippen LogP contribution in [-0.4, -0.2) is 50.8 Å². The highest BCUT2D eigenvalue weighted by Gasteiger charge is 2.30. The van der Waals surface area contributed by atoms with Crippen molar-refractivity contribution in [3.8, 4) is 0 Å². The number of hydrogen-bond donors (Lipinski definition) is 1. The molecule has 0 unspecified atom stereocenters. The van der Waals surface area contributed by atoms with Crippen LogP contribution < -0.4 is 5.32 Å². The monoisotopic (exact) mass is 284 g/mol. The number of rotatable bonds is 11. The van der Waals surface area contributed by atoms with E-state index in [0.29, 0.717) is 5.41 Å². The fourth-order valence-electron chi connectivity index (χ4n) is 3.06. The topological polar surface area (TPSA) is 24.5 Å². The maximum atomic E-state index is 5.55. The highest BCUT2D eigenvalue weighted by Crippen LogP contribution is 2.37. The van der Waals surface area contributed by atoms with Crippen molar-refractivity contribution in [2.45, 2.75) is 59.3 Å². The first-order valence-corrected chi connectivity index (χ1v) is 8.77. The van der Waals surface area contributed by atoms with E-state index in [9.17, 15) is 0 Å². The van der Waals surface area contributed by atoms with Crippen molar-refractivity contribution in [2.24, 2.45) is 5.41 Å². The molecule has 0 spiro atoms. The standard InChI is InChI=1S/C17H36N2O/c1-4-7-15-20-16-11-18-10-14-19-12-8-17(5-2,6-3)9-13-19/h18H,4-16H2,1-3H3. The Morgan fingerprint density at radius 1 is 1.00 bits per heavy atom. The maximum Gasteiger partial charge on any atom is 0.0590 e. The van der Waals surface area contributed by atoms with E-state index in [1.807, 2.05) is 0 Å². The Kier molecular flexibility index (Phi) is 9.49. The van der Waals surface area contributed by atoms with E-state index in [1.54, 1.807) is 0 Å². The molecule has 0 atom stereocenters. The third-order valence-corrected chi connectivity index (χ3v) is 5.09. The summed E-state index contributed by atoms with van der Waals surface area (Å²) in [4.78, 5) is 2.62. The number of hydrogen-bond acceptors (Lipinski definition) is 3. The van der Waals surface area contributed by atoms with Crippen molar-refractivity contribution < 1.29 is 4.74 Å². The molecule has 1 heterocycles. The first kappa shape index (κ1) is 17.9. The average Bonchev–Trinajstić information content (AvgIpc) is 2.51. The molecular formula is C17H36N2O. The molecule has 120 valence electrons. The van der Waals surface area contributed by atoms with E-state index in [-0.39, 0.29) is 0 Å². The predicted octanol–water partition coefficient (Wildman–Crippen LogP) is 3.29. The Balaban J connectivity index is 1.96. The van der Waals surface area contributed by atoms with Crippen LogP contribution in [-0.2, 0) is 4.74 Å². The third-order valence-electron chi connectivity index (χ3n) is 5.09. The second-order valence-electron chi connectivity index (χ2n) is 6.26. The number of unbranched alkanes of at least 4 members (excludes halogenated alkanes) is 1. The minimum absolute atomic E-state index is 0.650. The van der Waals surface area contributed by atoms with E-state index in [1.165, 1.54) is 58.2 Å². The molecule has 1 aliphatic rings. The van der Waals surface area contributed by atoms with E-state index in [4.69, 9.17) is 4.74 Å². The zero-order valence-electron chi connectivity index (χ0n) is 14.0.